The highest BCUT2D eigenvalue weighted by Crippen LogP contribution is 2.30. The van der Waals surface area contributed by atoms with Crippen molar-refractivity contribution in [2.24, 2.45) is 0 Å². The second-order valence-corrected chi connectivity index (χ2v) is 7.35. The number of piperidine rings is 1. The van der Waals surface area contributed by atoms with Gasteiger partial charge in [0, 0.05) is 53.0 Å². The molecule has 6 nitrogen and oxygen atoms in total. The zero-order valence-corrected chi connectivity index (χ0v) is 15.8. The van der Waals surface area contributed by atoms with Crippen LogP contribution in [0.25, 0.3) is 0 Å². The molecule has 136 valence electrons. The molecule has 0 spiro atoms. The van der Waals surface area contributed by atoms with Crippen LogP contribution < -0.4 is 0 Å². The van der Waals surface area contributed by atoms with Gasteiger partial charge in [0.15, 0.2) is 0 Å². The molecule has 1 aromatic heterocycles. The Balaban J connectivity index is 2.00. The van der Waals surface area contributed by atoms with Crippen LogP contribution in [-0.4, -0.2) is 65.4 Å². The molecule has 6 heteroatoms. The van der Waals surface area contributed by atoms with E-state index in [1.54, 1.807) is 12.0 Å². The molecule has 1 amide bonds. The van der Waals surface area contributed by atoms with E-state index in [-0.39, 0.29) is 11.5 Å². The number of carbonyl (C=O) groups is 1. The highest BCUT2D eigenvalue weighted by atomic mass is 16.5. The maximum atomic E-state index is 11.9. The molecule has 0 aliphatic carbocycles. The smallest absolute Gasteiger partial charge is 0.222 e. The van der Waals surface area contributed by atoms with Crippen molar-refractivity contribution in [3.05, 3.63) is 18.0 Å². The molecule has 2 heterocycles. The first-order valence-corrected chi connectivity index (χ1v) is 8.87. The van der Waals surface area contributed by atoms with E-state index < -0.39 is 0 Å². The summed E-state index contributed by atoms with van der Waals surface area (Å²) in [4.78, 5) is 16.0. The van der Waals surface area contributed by atoms with Crippen molar-refractivity contribution in [3.63, 3.8) is 0 Å². The molecule has 0 saturated carbocycles. The Bertz CT molecular complexity index is 541. The van der Waals surface area contributed by atoms with Crippen molar-refractivity contribution < 1.29 is 9.53 Å². The van der Waals surface area contributed by atoms with Crippen LogP contribution in [0.3, 0.4) is 0 Å². The summed E-state index contributed by atoms with van der Waals surface area (Å²) in [6.45, 7) is 7.12. The lowest BCUT2D eigenvalue weighted by Crippen LogP contribution is -2.49. The van der Waals surface area contributed by atoms with E-state index in [0.29, 0.717) is 12.5 Å². The summed E-state index contributed by atoms with van der Waals surface area (Å²) >= 11 is 0. The second kappa shape index (κ2) is 8.12. The van der Waals surface area contributed by atoms with E-state index in [9.17, 15) is 4.79 Å². The molecule has 1 saturated heterocycles. The first-order valence-electron chi connectivity index (χ1n) is 8.87. The largest absolute Gasteiger partial charge is 0.377 e. The molecule has 24 heavy (non-hydrogen) atoms. The Labute approximate surface area is 145 Å². The number of amides is 1. The minimum Gasteiger partial charge on any atom is -0.377 e. The highest BCUT2D eigenvalue weighted by molar-refractivity contribution is 5.75. The normalized spacial score (nSPS) is 22.1. The first-order chi connectivity index (χ1) is 11.4. The lowest BCUT2D eigenvalue weighted by atomic mass is 9.87. The van der Waals surface area contributed by atoms with Crippen LogP contribution in [-0.2, 0) is 16.1 Å². The number of hydrogen-bond acceptors (Lipinski definition) is 4. The average molecular weight is 336 g/mol. The fraction of sp³-hybridized carbons (Fsp3) is 0.778. The van der Waals surface area contributed by atoms with Crippen LogP contribution in [0.15, 0.2) is 12.3 Å². The quantitative estimate of drug-likeness (QED) is 0.767. The molecule has 1 fully saturated rings. The summed E-state index contributed by atoms with van der Waals surface area (Å²) in [5, 5.41) is 4.43. The van der Waals surface area contributed by atoms with E-state index >= 15 is 0 Å². The minimum absolute atomic E-state index is 0.168. The standard InChI is InChI=1S/C18H32N4O2/c1-15(2)22-16(8-11-19-22)13-21-12-6-9-18(14-21,24-5)10-7-17(23)20(3)4/h8,11,15H,6-7,9-10,12-14H2,1-5H3. The van der Waals surface area contributed by atoms with E-state index in [1.165, 1.54) is 5.69 Å². The Morgan fingerprint density at radius 3 is 2.83 bits per heavy atom. The molecule has 1 aliphatic rings. The van der Waals surface area contributed by atoms with Gasteiger partial charge in [-0.3, -0.25) is 14.4 Å². The van der Waals surface area contributed by atoms with Gasteiger partial charge in [0.05, 0.1) is 11.3 Å². The second-order valence-electron chi connectivity index (χ2n) is 7.35. The predicted octanol–water partition coefficient (Wildman–Crippen LogP) is 2.31. The van der Waals surface area contributed by atoms with Gasteiger partial charge >= 0.3 is 0 Å². The fourth-order valence-electron chi connectivity index (χ4n) is 3.52. The molecule has 0 bridgehead atoms. The van der Waals surface area contributed by atoms with Gasteiger partial charge in [-0.1, -0.05) is 0 Å². The van der Waals surface area contributed by atoms with E-state index in [4.69, 9.17) is 4.74 Å². The summed E-state index contributed by atoms with van der Waals surface area (Å²) in [5.41, 5.74) is 1.02. The number of carbonyl (C=O) groups excluding carboxylic acids is 1. The number of aromatic nitrogens is 2. The van der Waals surface area contributed by atoms with E-state index in [1.807, 2.05) is 20.3 Å². The monoisotopic (exact) mass is 336 g/mol. The molecule has 0 aromatic carbocycles. The summed E-state index contributed by atoms with van der Waals surface area (Å²) in [6.07, 6.45) is 5.31. The van der Waals surface area contributed by atoms with Crippen LogP contribution in [0.5, 0.6) is 0 Å². The minimum atomic E-state index is -0.216. The lowest BCUT2D eigenvalue weighted by molar-refractivity contribution is -0.132. The summed E-state index contributed by atoms with van der Waals surface area (Å²) < 4.78 is 7.98. The zero-order chi connectivity index (χ0) is 17.7. The molecule has 1 aromatic rings. The van der Waals surface area contributed by atoms with Crippen molar-refractivity contribution in [2.75, 3.05) is 34.3 Å². The number of hydrogen-bond donors (Lipinski definition) is 0. The van der Waals surface area contributed by atoms with Crippen molar-refractivity contribution in [1.82, 2.24) is 19.6 Å². The van der Waals surface area contributed by atoms with Gasteiger partial charge in [-0.25, -0.2) is 0 Å². The molecule has 1 aliphatic heterocycles. The van der Waals surface area contributed by atoms with Crippen molar-refractivity contribution >= 4 is 5.91 Å². The molecule has 2 rings (SSSR count). The molecule has 0 radical (unpaired) electrons. The Kier molecular flexibility index (Phi) is 6.40. The van der Waals surface area contributed by atoms with Gasteiger partial charge in [0.1, 0.15) is 0 Å². The van der Waals surface area contributed by atoms with Crippen LogP contribution in [0.4, 0.5) is 0 Å². The van der Waals surface area contributed by atoms with Crippen molar-refractivity contribution in [1.29, 1.82) is 0 Å². The molecule has 1 unspecified atom stereocenters. The van der Waals surface area contributed by atoms with Crippen LogP contribution in [0.1, 0.15) is 51.3 Å². The van der Waals surface area contributed by atoms with Gasteiger partial charge in [0.25, 0.3) is 0 Å². The fourth-order valence-corrected chi connectivity index (χ4v) is 3.52. The molecular weight excluding hydrogens is 304 g/mol. The van der Waals surface area contributed by atoms with Gasteiger partial charge < -0.3 is 9.64 Å². The number of likely N-dealkylation sites (tertiary alicyclic amines) is 1. The zero-order valence-electron chi connectivity index (χ0n) is 15.8. The topological polar surface area (TPSA) is 50.6 Å². The Hall–Kier alpha value is -1.40. The van der Waals surface area contributed by atoms with Gasteiger partial charge in [-0.05, 0) is 45.7 Å². The maximum Gasteiger partial charge on any atom is 0.222 e. The Morgan fingerprint density at radius 2 is 2.21 bits per heavy atom. The van der Waals surface area contributed by atoms with Gasteiger partial charge in [0.2, 0.25) is 5.91 Å². The van der Waals surface area contributed by atoms with E-state index in [2.05, 4.69) is 34.6 Å². The molecular formula is C18H32N4O2. The third-order valence-corrected chi connectivity index (χ3v) is 4.97. The SMILES string of the molecule is COC1(CCC(=O)N(C)C)CCCN(Cc2ccnn2C(C)C)C1. The molecule has 0 N–H and O–H groups in total. The van der Waals surface area contributed by atoms with Crippen LogP contribution >= 0.6 is 0 Å². The van der Waals surface area contributed by atoms with E-state index in [0.717, 1.165) is 38.9 Å². The van der Waals surface area contributed by atoms with Crippen LogP contribution in [0, 0.1) is 0 Å². The summed E-state index contributed by atoms with van der Waals surface area (Å²) in [5.74, 6) is 0.168. The maximum absolute atomic E-state index is 11.9. The average Bonchev–Trinajstić information content (AvgIpc) is 3.01. The summed E-state index contributed by atoms with van der Waals surface area (Å²) in [7, 11) is 5.39. The number of ether oxygens (including phenoxy) is 1. The number of methoxy groups -OCH3 is 1. The summed E-state index contributed by atoms with van der Waals surface area (Å²) in [6, 6.07) is 2.46. The number of nitrogens with zero attached hydrogens (tertiary/aromatic N) is 4. The number of rotatable bonds is 7. The Morgan fingerprint density at radius 1 is 1.46 bits per heavy atom. The highest BCUT2D eigenvalue weighted by Gasteiger charge is 2.36. The molecule has 1 atom stereocenters. The van der Waals surface area contributed by atoms with Crippen molar-refractivity contribution in [2.45, 2.75) is 57.7 Å². The predicted molar refractivity (Wildman–Crippen MR) is 94.8 cm³/mol. The van der Waals surface area contributed by atoms with Crippen molar-refractivity contribution in [3.8, 4) is 0 Å². The van der Waals surface area contributed by atoms with Gasteiger partial charge in [-0.15, -0.1) is 0 Å². The first kappa shape index (κ1) is 18.9. The third kappa shape index (κ3) is 4.57. The third-order valence-electron chi connectivity index (χ3n) is 4.97. The van der Waals surface area contributed by atoms with Crippen LogP contribution in [0.2, 0.25) is 0 Å². The lowest BCUT2D eigenvalue weighted by Gasteiger charge is -2.42. The van der Waals surface area contributed by atoms with Gasteiger partial charge in [-0.2, -0.15) is 5.10 Å².